The van der Waals surface area contributed by atoms with Crippen molar-refractivity contribution in [1.29, 1.82) is 0 Å². The van der Waals surface area contributed by atoms with Crippen molar-refractivity contribution in [3.8, 4) is 55.9 Å². The summed E-state index contributed by atoms with van der Waals surface area (Å²) in [5, 5.41) is 7.44. The molecule has 14 aromatic rings. The molecule has 12 aromatic carbocycles. The zero-order chi connectivity index (χ0) is 48.2. The Morgan fingerprint density at radius 1 is 0.219 bits per heavy atom. The molecule has 0 bridgehead atoms. The Balaban J connectivity index is 0.906. The second kappa shape index (κ2) is 17.6. The van der Waals surface area contributed by atoms with Crippen LogP contribution < -0.4 is 4.90 Å². The summed E-state index contributed by atoms with van der Waals surface area (Å²) in [4.78, 5) is 2.35. The van der Waals surface area contributed by atoms with Gasteiger partial charge in [-0.15, -0.1) is 0 Å². The fourth-order valence-corrected chi connectivity index (χ4v) is 11.2. The molecule has 0 aliphatic heterocycles. The van der Waals surface area contributed by atoms with E-state index < -0.39 is 0 Å². The van der Waals surface area contributed by atoms with Crippen LogP contribution in [0.25, 0.3) is 110 Å². The van der Waals surface area contributed by atoms with E-state index in [-0.39, 0.29) is 0 Å². The second-order valence-corrected chi connectivity index (χ2v) is 18.9. The molecule has 0 N–H and O–H groups in total. The summed E-state index contributed by atoms with van der Waals surface area (Å²) >= 11 is 0. The number of para-hydroxylation sites is 5. The van der Waals surface area contributed by atoms with Gasteiger partial charge in [0.1, 0.15) is 0 Å². The summed E-state index contributed by atoms with van der Waals surface area (Å²) in [6, 6.07) is 104. The largest absolute Gasteiger partial charge is 0.311 e. The minimum atomic E-state index is 1.09. The van der Waals surface area contributed by atoms with Gasteiger partial charge >= 0.3 is 0 Å². The number of nitrogens with zero attached hydrogens (tertiary/aromatic N) is 3. The third-order valence-corrected chi connectivity index (χ3v) is 14.7. The van der Waals surface area contributed by atoms with E-state index in [2.05, 4.69) is 299 Å². The van der Waals surface area contributed by atoms with Crippen LogP contribution in [-0.4, -0.2) is 9.13 Å². The molecule has 0 amide bonds. The maximum Gasteiger partial charge on any atom is 0.0541 e. The van der Waals surface area contributed by atoms with Crippen molar-refractivity contribution in [3.63, 3.8) is 0 Å². The molecular formula is C70H47N3. The van der Waals surface area contributed by atoms with Crippen molar-refractivity contribution >= 4 is 71.4 Å². The third-order valence-electron chi connectivity index (χ3n) is 14.7. The van der Waals surface area contributed by atoms with Crippen LogP contribution in [-0.2, 0) is 0 Å². The number of hydrogen-bond donors (Lipinski definition) is 0. The molecule has 2 heterocycles. The summed E-state index contributed by atoms with van der Waals surface area (Å²) in [6.07, 6.45) is 0. The predicted octanol–water partition coefficient (Wildman–Crippen LogP) is 19.2. The molecule has 0 fully saturated rings. The number of rotatable bonds is 9. The number of aromatic nitrogens is 2. The first-order valence-electron chi connectivity index (χ1n) is 25.1. The van der Waals surface area contributed by atoms with Crippen LogP contribution in [0.4, 0.5) is 17.1 Å². The maximum absolute atomic E-state index is 2.39. The summed E-state index contributed by atoms with van der Waals surface area (Å²) in [6.45, 7) is 0. The van der Waals surface area contributed by atoms with Gasteiger partial charge in [-0.2, -0.15) is 0 Å². The predicted molar refractivity (Wildman–Crippen MR) is 309 cm³/mol. The van der Waals surface area contributed by atoms with Crippen LogP contribution in [0.1, 0.15) is 0 Å². The Morgan fingerprint density at radius 3 is 1.14 bits per heavy atom. The van der Waals surface area contributed by atoms with Gasteiger partial charge in [-0.25, -0.2) is 0 Å². The molecule has 0 saturated heterocycles. The molecule has 2 aromatic heterocycles. The topological polar surface area (TPSA) is 13.1 Å². The van der Waals surface area contributed by atoms with E-state index in [1.165, 1.54) is 87.8 Å². The molecule has 0 unspecified atom stereocenters. The van der Waals surface area contributed by atoms with Crippen molar-refractivity contribution in [3.05, 3.63) is 285 Å². The highest BCUT2D eigenvalue weighted by molar-refractivity contribution is 6.12. The van der Waals surface area contributed by atoms with Crippen LogP contribution in [0.15, 0.2) is 285 Å². The van der Waals surface area contributed by atoms with Crippen LogP contribution in [0.2, 0.25) is 0 Å². The Kier molecular flexibility index (Phi) is 10.2. The summed E-state index contributed by atoms with van der Waals surface area (Å²) < 4.78 is 4.77. The molecular weight excluding hydrogens is 883 g/mol. The van der Waals surface area contributed by atoms with Crippen LogP contribution in [0.5, 0.6) is 0 Å². The summed E-state index contributed by atoms with van der Waals surface area (Å²) in [5.74, 6) is 0. The molecule has 0 radical (unpaired) electrons. The number of fused-ring (bicyclic) bond motifs is 7. The standard InChI is InChI=1S/C70H47N3/c1-4-19-56(20-5-1)71(60-39-33-50(34-40-60)62-28-16-18-49-17-10-11-25-61(49)62)59-37-31-48(32-38-59)53-43-54(51-35-41-69-65(46-51)63-26-12-14-29-67(63)72(69)57-21-6-2-7-22-57)45-55(44-53)52-36-42-70-66(47-52)64-27-13-15-30-68(64)73(70)58-23-8-3-9-24-58/h1-47H. The lowest BCUT2D eigenvalue weighted by Crippen LogP contribution is -2.09. The highest BCUT2D eigenvalue weighted by Gasteiger charge is 2.18. The van der Waals surface area contributed by atoms with Gasteiger partial charge in [0.05, 0.1) is 22.1 Å². The lowest BCUT2D eigenvalue weighted by molar-refractivity contribution is 1.18. The average Bonchev–Trinajstić information content (AvgIpc) is 4.00. The van der Waals surface area contributed by atoms with E-state index in [1.54, 1.807) is 0 Å². The first-order valence-corrected chi connectivity index (χ1v) is 25.1. The Morgan fingerprint density at radius 2 is 0.603 bits per heavy atom. The highest BCUT2D eigenvalue weighted by Crippen LogP contribution is 2.42. The van der Waals surface area contributed by atoms with E-state index in [9.17, 15) is 0 Å². The normalized spacial score (nSPS) is 11.6. The first kappa shape index (κ1) is 42.2. The van der Waals surface area contributed by atoms with Gasteiger partial charge in [0, 0.05) is 50.0 Å². The fourth-order valence-electron chi connectivity index (χ4n) is 11.2. The van der Waals surface area contributed by atoms with Gasteiger partial charge < -0.3 is 14.0 Å². The molecule has 0 atom stereocenters. The zero-order valence-corrected chi connectivity index (χ0v) is 40.0. The van der Waals surface area contributed by atoms with Gasteiger partial charge in [0.2, 0.25) is 0 Å². The second-order valence-electron chi connectivity index (χ2n) is 18.9. The molecule has 342 valence electrons. The van der Waals surface area contributed by atoms with E-state index >= 15 is 0 Å². The SMILES string of the molecule is c1ccc(N(c2ccc(-c3cc(-c4ccc5c(c4)c4ccccc4n5-c4ccccc4)cc(-c4ccc5c(c4)c4ccccc4n5-c4ccccc4)c3)cc2)c2ccc(-c3cccc4ccccc34)cc2)cc1. The van der Waals surface area contributed by atoms with Crippen molar-refractivity contribution < 1.29 is 0 Å². The number of anilines is 3. The highest BCUT2D eigenvalue weighted by atomic mass is 15.1. The van der Waals surface area contributed by atoms with Gasteiger partial charge in [-0.05, 0) is 171 Å². The van der Waals surface area contributed by atoms with Crippen molar-refractivity contribution in [1.82, 2.24) is 9.13 Å². The quantitative estimate of drug-likeness (QED) is 0.141. The van der Waals surface area contributed by atoms with Crippen molar-refractivity contribution in [2.75, 3.05) is 4.90 Å². The maximum atomic E-state index is 2.39. The number of benzene rings is 12. The molecule has 0 aliphatic carbocycles. The molecule has 0 aliphatic rings. The molecule has 14 rings (SSSR count). The first-order chi connectivity index (χ1) is 36.2. The molecule has 0 spiro atoms. The molecule has 0 saturated carbocycles. The summed E-state index contributed by atoms with van der Waals surface area (Å²) in [5.41, 5.74) is 19.8. The number of hydrogen-bond acceptors (Lipinski definition) is 1. The Bertz CT molecular complexity index is 4160. The molecule has 73 heavy (non-hydrogen) atoms. The van der Waals surface area contributed by atoms with E-state index in [1.807, 2.05) is 0 Å². The average molecular weight is 930 g/mol. The van der Waals surface area contributed by atoms with E-state index in [0.29, 0.717) is 0 Å². The van der Waals surface area contributed by atoms with Crippen LogP contribution in [0, 0.1) is 0 Å². The lowest BCUT2D eigenvalue weighted by atomic mass is 9.92. The van der Waals surface area contributed by atoms with Crippen molar-refractivity contribution in [2.24, 2.45) is 0 Å². The molecule has 3 nitrogen and oxygen atoms in total. The van der Waals surface area contributed by atoms with Crippen LogP contribution >= 0.6 is 0 Å². The van der Waals surface area contributed by atoms with E-state index in [0.717, 1.165) is 39.6 Å². The Hall–Kier alpha value is -9.70. The molecule has 3 heteroatoms. The smallest absolute Gasteiger partial charge is 0.0541 e. The van der Waals surface area contributed by atoms with Gasteiger partial charge in [0.25, 0.3) is 0 Å². The van der Waals surface area contributed by atoms with Crippen LogP contribution in [0.3, 0.4) is 0 Å². The Labute approximate surface area is 424 Å². The van der Waals surface area contributed by atoms with Gasteiger partial charge in [-0.1, -0.05) is 170 Å². The van der Waals surface area contributed by atoms with Crippen molar-refractivity contribution in [2.45, 2.75) is 0 Å². The lowest BCUT2D eigenvalue weighted by Gasteiger charge is -2.26. The minimum Gasteiger partial charge on any atom is -0.311 e. The monoisotopic (exact) mass is 929 g/mol. The zero-order valence-electron chi connectivity index (χ0n) is 40.0. The van der Waals surface area contributed by atoms with Gasteiger partial charge in [-0.3, -0.25) is 0 Å². The van der Waals surface area contributed by atoms with E-state index in [4.69, 9.17) is 0 Å². The minimum absolute atomic E-state index is 1.09. The summed E-state index contributed by atoms with van der Waals surface area (Å²) in [7, 11) is 0. The third kappa shape index (κ3) is 7.37. The van der Waals surface area contributed by atoms with Gasteiger partial charge in [0.15, 0.2) is 0 Å². The fraction of sp³-hybridized carbons (Fsp3) is 0.